The molecule has 0 aromatic heterocycles. The van der Waals surface area contributed by atoms with Crippen molar-refractivity contribution in [3.8, 4) is 0 Å². The van der Waals surface area contributed by atoms with E-state index in [0.29, 0.717) is 19.7 Å². The lowest BCUT2D eigenvalue weighted by molar-refractivity contribution is -0.122. The van der Waals surface area contributed by atoms with Crippen LogP contribution in [0.3, 0.4) is 0 Å². The highest BCUT2D eigenvalue weighted by molar-refractivity contribution is 14.0. The highest BCUT2D eigenvalue weighted by Crippen LogP contribution is 2.06. The Kier molecular flexibility index (Phi) is 12.9. The minimum atomic E-state index is 0. The molecule has 1 aliphatic rings. The summed E-state index contributed by atoms with van der Waals surface area (Å²) in [5.41, 5.74) is 2.71. The number of rotatable bonds is 9. The quantitative estimate of drug-likeness (QED) is 0.224. The molecule has 29 heavy (non-hydrogen) atoms. The molecule has 0 atom stereocenters. The maximum atomic E-state index is 11.9. The average molecular weight is 517 g/mol. The molecule has 2 rings (SSSR count). The lowest BCUT2D eigenvalue weighted by Crippen LogP contribution is -2.54. The van der Waals surface area contributed by atoms with Crippen LogP contribution in [-0.2, 0) is 22.4 Å². The highest BCUT2D eigenvalue weighted by Gasteiger charge is 2.20. The third-order valence-electron chi connectivity index (χ3n) is 5.01. The Morgan fingerprint density at radius 2 is 1.72 bits per heavy atom. The summed E-state index contributed by atoms with van der Waals surface area (Å²) in [6.07, 6.45) is 2.05. The van der Waals surface area contributed by atoms with Gasteiger partial charge in [0.1, 0.15) is 0 Å². The molecule has 1 fully saturated rings. The van der Waals surface area contributed by atoms with Crippen molar-refractivity contribution in [3.05, 3.63) is 35.4 Å². The molecule has 0 spiro atoms. The number of piperazine rings is 1. The summed E-state index contributed by atoms with van der Waals surface area (Å²) in [5.74, 6) is 0.997. The lowest BCUT2D eigenvalue weighted by Gasteiger charge is -2.36. The first-order valence-corrected chi connectivity index (χ1v) is 10.2. The lowest BCUT2D eigenvalue weighted by atomic mass is 10.1. The molecular weight excluding hydrogens is 481 g/mol. The van der Waals surface area contributed by atoms with Crippen molar-refractivity contribution >= 4 is 35.8 Å². The highest BCUT2D eigenvalue weighted by atomic mass is 127. The zero-order chi connectivity index (χ0) is 20.2. The molecule has 1 amide bonds. The molecule has 1 aliphatic heterocycles. The molecule has 1 heterocycles. The van der Waals surface area contributed by atoms with Gasteiger partial charge in [-0.3, -0.25) is 14.7 Å². The van der Waals surface area contributed by atoms with E-state index in [2.05, 4.69) is 56.6 Å². The first kappa shape index (κ1) is 25.6. The Bertz CT molecular complexity index is 616. The summed E-state index contributed by atoms with van der Waals surface area (Å²) >= 11 is 0. The molecule has 7 nitrogen and oxygen atoms in total. The Balaban J connectivity index is 0.00000420. The van der Waals surface area contributed by atoms with Crippen LogP contribution in [0.4, 0.5) is 0 Å². The summed E-state index contributed by atoms with van der Waals surface area (Å²) in [7, 11) is 3.46. The van der Waals surface area contributed by atoms with Gasteiger partial charge in [0.15, 0.2) is 5.96 Å². The van der Waals surface area contributed by atoms with Crippen molar-refractivity contribution in [2.45, 2.75) is 19.8 Å². The number of aryl methyl sites for hydroxylation is 1. The van der Waals surface area contributed by atoms with Crippen LogP contribution < -0.4 is 10.6 Å². The Morgan fingerprint density at radius 1 is 1.07 bits per heavy atom. The number of amides is 1. The Labute approximate surface area is 192 Å². The van der Waals surface area contributed by atoms with Crippen LogP contribution in [-0.4, -0.2) is 88.2 Å². The maximum absolute atomic E-state index is 11.9. The van der Waals surface area contributed by atoms with Gasteiger partial charge in [-0.25, -0.2) is 0 Å². The molecule has 1 aromatic carbocycles. The van der Waals surface area contributed by atoms with Crippen LogP contribution in [0.15, 0.2) is 29.3 Å². The van der Waals surface area contributed by atoms with E-state index in [1.807, 2.05) is 7.05 Å². The van der Waals surface area contributed by atoms with Gasteiger partial charge in [0.25, 0.3) is 0 Å². The largest absolute Gasteiger partial charge is 0.383 e. The number of nitrogens with zero attached hydrogens (tertiary/aromatic N) is 3. The number of carbonyl (C=O) groups is 1. The number of carbonyl (C=O) groups excluding carboxylic acids is 1. The van der Waals surface area contributed by atoms with E-state index in [-0.39, 0.29) is 29.9 Å². The number of ether oxygens (including phenoxy) is 1. The monoisotopic (exact) mass is 517 g/mol. The Hall–Kier alpha value is -1.39. The van der Waals surface area contributed by atoms with Crippen molar-refractivity contribution in [1.29, 1.82) is 0 Å². The van der Waals surface area contributed by atoms with E-state index >= 15 is 0 Å². The zero-order valence-electron chi connectivity index (χ0n) is 17.9. The van der Waals surface area contributed by atoms with Crippen LogP contribution in [0, 0.1) is 0 Å². The van der Waals surface area contributed by atoms with Gasteiger partial charge >= 0.3 is 0 Å². The van der Waals surface area contributed by atoms with Crippen molar-refractivity contribution in [1.82, 2.24) is 20.4 Å². The van der Waals surface area contributed by atoms with Gasteiger partial charge in [-0.1, -0.05) is 31.2 Å². The van der Waals surface area contributed by atoms with E-state index in [0.717, 1.165) is 51.5 Å². The molecule has 0 bridgehead atoms. The smallest absolute Gasteiger partial charge is 0.234 e. The Morgan fingerprint density at radius 3 is 2.31 bits per heavy atom. The molecule has 1 aromatic rings. The fraction of sp³-hybridized carbons (Fsp3) is 0.619. The number of halogens is 1. The topological polar surface area (TPSA) is 69.2 Å². The van der Waals surface area contributed by atoms with E-state index < -0.39 is 0 Å². The number of nitrogens with one attached hydrogen (secondary N) is 2. The standard InChI is InChI=1S/C21H35N5O2.HI/c1-4-18-5-7-19(8-6-18)9-10-24-21(22-2)26-14-12-25(13-15-26)17-20(27)23-11-16-28-3;/h5-8H,4,9-17H2,1-3H3,(H,22,24)(H,23,27);1H. The summed E-state index contributed by atoms with van der Waals surface area (Å²) in [6, 6.07) is 8.82. The average Bonchev–Trinajstić information content (AvgIpc) is 2.73. The van der Waals surface area contributed by atoms with Crippen molar-refractivity contribution in [3.63, 3.8) is 0 Å². The van der Waals surface area contributed by atoms with Crippen LogP contribution in [0.25, 0.3) is 0 Å². The van der Waals surface area contributed by atoms with Crippen molar-refractivity contribution < 1.29 is 9.53 Å². The van der Waals surface area contributed by atoms with Gasteiger partial charge in [0.2, 0.25) is 5.91 Å². The first-order chi connectivity index (χ1) is 13.7. The molecule has 0 radical (unpaired) electrons. The minimum absolute atomic E-state index is 0. The van der Waals surface area contributed by atoms with E-state index in [1.165, 1.54) is 11.1 Å². The predicted octanol–water partition coefficient (Wildman–Crippen LogP) is 1.37. The predicted molar refractivity (Wildman–Crippen MR) is 129 cm³/mol. The van der Waals surface area contributed by atoms with Crippen LogP contribution in [0.1, 0.15) is 18.1 Å². The third kappa shape index (κ3) is 9.31. The fourth-order valence-corrected chi connectivity index (χ4v) is 3.26. The summed E-state index contributed by atoms with van der Waals surface area (Å²) in [6.45, 7) is 8.04. The number of guanidine groups is 1. The summed E-state index contributed by atoms with van der Waals surface area (Å²) in [4.78, 5) is 20.8. The first-order valence-electron chi connectivity index (χ1n) is 10.2. The summed E-state index contributed by atoms with van der Waals surface area (Å²) < 4.78 is 4.95. The number of hydrogen-bond donors (Lipinski definition) is 2. The second-order valence-electron chi connectivity index (χ2n) is 7.00. The fourth-order valence-electron chi connectivity index (χ4n) is 3.26. The number of methoxy groups -OCH3 is 1. The van der Waals surface area contributed by atoms with E-state index in [9.17, 15) is 4.79 Å². The van der Waals surface area contributed by atoms with Gasteiger partial charge in [-0.2, -0.15) is 0 Å². The van der Waals surface area contributed by atoms with Gasteiger partial charge in [-0.05, 0) is 24.0 Å². The van der Waals surface area contributed by atoms with Gasteiger partial charge in [0.05, 0.1) is 13.2 Å². The van der Waals surface area contributed by atoms with Crippen LogP contribution in [0.5, 0.6) is 0 Å². The van der Waals surface area contributed by atoms with E-state index in [4.69, 9.17) is 4.74 Å². The number of aliphatic imine (C=N–C) groups is 1. The van der Waals surface area contributed by atoms with Gasteiger partial charge in [0, 0.05) is 53.4 Å². The molecule has 0 saturated carbocycles. The normalized spacial score (nSPS) is 15.0. The van der Waals surface area contributed by atoms with Crippen molar-refractivity contribution in [2.75, 3.05) is 66.6 Å². The number of benzene rings is 1. The van der Waals surface area contributed by atoms with Crippen molar-refractivity contribution in [2.24, 2.45) is 4.99 Å². The molecule has 1 saturated heterocycles. The molecule has 164 valence electrons. The molecule has 2 N–H and O–H groups in total. The molecular formula is C21H36IN5O2. The molecule has 0 unspecified atom stereocenters. The van der Waals surface area contributed by atoms with E-state index in [1.54, 1.807) is 7.11 Å². The number of hydrogen-bond acceptors (Lipinski definition) is 4. The van der Waals surface area contributed by atoms with Gasteiger partial charge in [-0.15, -0.1) is 24.0 Å². The van der Waals surface area contributed by atoms with Crippen LogP contribution in [0.2, 0.25) is 0 Å². The minimum Gasteiger partial charge on any atom is -0.383 e. The molecule has 0 aliphatic carbocycles. The van der Waals surface area contributed by atoms with Gasteiger partial charge < -0.3 is 20.3 Å². The van der Waals surface area contributed by atoms with Crippen LogP contribution >= 0.6 is 24.0 Å². The second kappa shape index (κ2) is 14.6. The zero-order valence-corrected chi connectivity index (χ0v) is 20.3. The second-order valence-corrected chi connectivity index (χ2v) is 7.00. The molecule has 8 heteroatoms. The maximum Gasteiger partial charge on any atom is 0.234 e. The third-order valence-corrected chi connectivity index (χ3v) is 5.01. The SMILES string of the molecule is CCc1ccc(CCNC(=NC)N2CCN(CC(=O)NCCOC)CC2)cc1.I. The summed E-state index contributed by atoms with van der Waals surface area (Å²) in [5, 5.41) is 6.34.